The molecule has 2 aromatic rings. The average Bonchev–Trinajstić information content (AvgIpc) is 3.16. The van der Waals surface area contributed by atoms with Crippen molar-refractivity contribution >= 4 is 34.2 Å². The van der Waals surface area contributed by atoms with Crippen molar-refractivity contribution in [1.82, 2.24) is 0 Å². The normalized spacial score (nSPS) is 19.0. The summed E-state index contributed by atoms with van der Waals surface area (Å²) in [6.07, 6.45) is 2.54. The van der Waals surface area contributed by atoms with Crippen LogP contribution in [0.2, 0.25) is 23.1 Å². The second-order valence-electron chi connectivity index (χ2n) is 8.72. The van der Waals surface area contributed by atoms with Crippen LogP contribution >= 0.6 is 23.2 Å². The molecule has 0 heterocycles. The standard InChI is InChI=1S/C15H9Cl2.C9H13.C2H6Si.2ClH.Zr/c16-13-6-3-7-14(17)15(13)12-9-8-10-4-1-2-5-11(10)12;1-6-5-7(2)9(4)8(6)3;1-3-2;;;/h1-9H;6H,1-4H3;1-2H3;2*1H;/q;;;;;+2/p-2. The van der Waals surface area contributed by atoms with E-state index in [1.165, 1.54) is 22.3 Å². The fourth-order valence-electron chi connectivity index (χ4n) is 5.12. The zero-order valence-corrected chi connectivity index (χ0v) is 25.8. The molecule has 0 radical (unpaired) electrons. The topological polar surface area (TPSA) is 0 Å². The molecule has 2 aliphatic rings. The van der Waals surface area contributed by atoms with Crippen molar-refractivity contribution in [3.05, 3.63) is 95.3 Å². The van der Waals surface area contributed by atoms with Gasteiger partial charge in [0.2, 0.25) is 0 Å². The van der Waals surface area contributed by atoms with Gasteiger partial charge in [-0.15, -0.1) is 0 Å². The summed E-state index contributed by atoms with van der Waals surface area (Å²) >= 11 is 11.3. The van der Waals surface area contributed by atoms with Crippen LogP contribution in [0.25, 0.3) is 5.57 Å². The molecule has 6 heteroatoms. The SMILES string of the molecule is CC1=C(C)C(C)[C]([Zr+2]([CH]2C=C(c3c(Cl)cccc3Cl)c3ccccc32)=[Si](C)C)=C1C.[Cl-].[Cl-]. The van der Waals surface area contributed by atoms with Gasteiger partial charge in [-0.1, -0.05) is 0 Å². The molecule has 0 N–H and O–H groups in total. The molecular weight excluding hydrogens is 573 g/mol. The summed E-state index contributed by atoms with van der Waals surface area (Å²) in [5.41, 5.74) is 9.34. The summed E-state index contributed by atoms with van der Waals surface area (Å²) in [7, 11) is 0. The zero-order chi connectivity index (χ0) is 21.7. The summed E-state index contributed by atoms with van der Waals surface area (Å²) in [6, 6.07) is 14.8. The van der Waals surface area contributed by atoms with E-state index in [0.717, 1.165) is 15.6 Å². The van der Waals surface area contributed by atoms with Crippen LogP contribution in [-0.2, 0) is 20.4 Å². The number of allylic oxidation sites excluding steroid dienone is 5. The van der Waals surface area contributed by atoms with Crippen molar-refractivity contribution in [2.24, 2.45) is 5.92 Å². The summed E-state index contributed by atoms with van der Waals surface area (Å²) in [6.45, 7) is 14.6. The van der Waals surface area contributed by atoms with E-state index in [-0.39, 0.29) is 24.8 Å². The first-order chi connectivity index (χ1) is 14.2. The Morgan fingerprint density at radius 2 is 1.44 bits per heavy atom. The molecule has 2 atom stereocenters. The van der Waals surface area contributed by atoms with Crippen LogP contribution in [0.3, 0.4) is 0 Å². The first-order valence-corrected chi connectivity index (χ1v) is 20.1. The molecule has 168 valence electrons. The molecule has 0 saturated heterocycles. The molecule has 0 aliphatic heterocycles. The summed E-state index contributed by atoms with van der Waals surface area (Å²) in [5.74, 6) is 0.604. The van der Waals surface area contributed by atoms with E-state index in [1.807, 2.05) is 21.5 Å². The van der Waals surface area contributed by atoms with Gasteiger partial charge in [-0.25, -0.2) is 0 Å². The number of benzene rings is 2. The molecule has 0 amide bonds. The van der Waals surface area contributed by atoms with Gasteiger partial charge in [-0.2, -0.15) is 0 Å². The van der Waals surface area contributed by atoms with Crippen LogP contribution in [-0.4, -0.2) is 5.43 Å². The Morgan fingerprint density at radius 1 is 0.844 bits per heavy atom. The van der Waals surface area contributed by atoms with Crippen LogP contribution < -0.4 is 24.8 Å². The molecule has 0 spiro atoms. The molecule has 0 nitrogen and oxygen atoms in total. The number of halogens is 4. The number of hydrogen-bond donors (Lipinski definition) is 0. The Kier molecular flexibility index (Phi) is 9.77. The van der Waals surface area contributed by atoms with Gasteiger partial charge in [0.05, 0.1) is 0 Å². The molecule has 2 aromatic carbocycles. The van der Waals surface area contributed by atoms with E-state index in [0.29, 0.717) is 9.54 Å². The van der Waals surface area contributed by atoms with Crippen LogP contribution in [0, 0.1) is 5.92 Å². The van der Waals surface area contributed by atoms with Crippen LogP contribution in [0.1, 0.15) is 48.0 Å². The van der Waals surface area contributed by atoms with Crippen LogP contribution in [0.4, 0.5) is 0 Å². The monoisotopic (exact) mass is 598 g/mol. The smallest absolute Gasteiger partial charge is 1.00 e. The summed E-state index contributed by atoms with van der Waals surface area (Å²) < 4.78 is 2.40. The first-order valence-electron chi connectivity index (χ1n) is 10.6. The Bertz CT molecular complexity index is 1170. The minimum Gasteiger partial charge on any atom is -1.00 e. The van der Waals surface area contributed by atoms with Gasteiger partial charge in [-0.05, 0) is 0 Å². The van der Waals surface area contributed by atoms with Gasteiger partial charge >= 0.3 is 200 Å². The van der Waals surface area contributed by atoms with E-state index in [9.17, 15) is 0 Å². The zero-order valence-electron chi connectivity index (χ0n) is 19.3. The van der Waals surface area contributed by atoms with Gasteiger partial charge in [0.1, 0.15) is 0 Å². The number of hydrogen-bond acceptors (Lipinski definition) is 0. The van der Waals surface area contributed by atoms with Crippen molar-refractivity contribution in [3.8, 4) is 0 Å². The van der Waals surface area contributed by atoms with E-state index in [1.54, 1.807) is 11.1 Å². The molecule has 2 unspecified atom stereocenters. The van der Waals surface area contributed by atoms with E-state index in [2.05, 4.69) is 71.1 Å². The molecule has 0 bridgehead atoms. The third kappa shape index (κ3) is 4.71. The minimum absolute atomic E-state index is 0. The maximum absolute atomic E-state index is 6.66. The maximum Gasteiger partial charge on any atom is -1.00 e. The first kappa shape index (κ1) is 28.2. The maximum atomic E-state index is 6.66. The van der Waals surface area contributed by atoms with Crippen molar-refractivity contribution in [2.45, 2.75) is 44.4 Å². The Morgan fingerprint density at radius 3 is 1.97 bits per heavy atom. The molecule has 0 fully saturated rings. The minimum atomic E-state index is -2.01. The third-order valence-electron chi connectivity index (χ3n) is 6.93. The molecule has 0 saturated carbocycles. The fraction of sp³-hybridized carbons (Fsp3) is 0.308. The van der Waals surface area contributed by atoms with Crippen LogP contribution in [0.5, 0.6) is 0 Å². The van der Waals surface area contributed by atoms with Crippen molar-refractivity contribution < 1.29 is 45.2 Å². The average molecular weight is 602 g/mol. The molecule has 4 rings (SSSR count). The fourth-order valence-corrected chi connectivity index (χ4v) is 25.4. The largest absolute Gasteiger partial charge is 1.00 e. The summed E-state index contributed by atoms with van der Waals surface area (Å²) in [5, 5.41) is 1.48. The Hall–Kier alpha value is -0.0800. The van der Waals surface area contributed by atoms with Gasteiger partial charge in [0, 0.05) is 0 Å². The second-order valence-corrected chi connectivity index (χ2v) is 27.0. The molecule has 32 heavy (non-hydrogen) atoms. The molecule has 0 aromatic heterocycles. The van der Waals surface area contributed by atoms with Gasteiger partial charge in [0.15, 0.2) is 0 Å². The van der Waals surface area contributed by atoms with Crippen molar-refractivity contribution in [3.63, 3.8) is 0 Å². The predicted molar refractivity (Wildman–Crippen MR) is 130 cm³/mol. The third-order valence-corrected chi connectivity index (χ3v) is 26.1. The van der Waals surface area contributed by atoms with E-state index >= 15 is 0 Å². The Labute approximate surface area is 223 Å². The van der Waals surface area contributed by atoms with Crippen LogP contribution in [0.15, 0.2) is 68.5 Å². The quantitative estimate of drug-likeness (QED) is 0.475. The van der Waals surface area contributed by atoms with Gasteiger partial charge in [-0.3, -0.25) is 0 Å². The number of fused-ring (bicyclic) bond motifs is 1. The van der Waals surface area contributed by atoms with Gasteiger partial charge in [0.25, 0.3) is 0 Å². The van der Waals surface area contributed by atoms with E-state index < -0.39 is 25.8 Å². The second kappa shape index (κ2) is 11.1. The summed E-state index contributed by atoms with van der Waals surface area (Å²) in [4.78, 5) is 0. The molecular formula is C26H28Cl4SiZr. The molecule has 2 aliphatic carbocycles. The predicted octanol–water partition coefficient (Wildman–Crippen LogP) is 2.62. The number of rotatable bonds is 3. The van der Waals surface area contributed by atoms with E-state index in [4.69, 9.17) is 23.2 Å². The van der Waals surface area contributed by atoms with Crippen molar-refractivity contribution in [2.75, 3.05) is 0 Å². The van der Waals surface area contributed by atoms with Crippen molar-refractivity contribution in [1.29, 1.82) is 0 Å². The Balaban J connectivity index is 0.00000181. The van der Waals surface area contributed by atoms with Gasteiger partial charge < -0.3 is 24.8 Å².